The fourth-order valence-corrected chi connectivity index (χ4v) is 5.77. The highest BCUT2D eigenvalue weighted by Crippen LogP contribution is 2.41. The fraction of sp³-hybridized carbons (Fsp3) is 0.269. The Labute approximate surface area is 206 Å². The minimum atomic E-state index is -0.309. The Kier molecular flexibility index (Phi) is 4.75. The Bertz CT molecular complexity index is 1500. The van der Waals surface area contributed by atoms with E-state index in [-0.39, 0.29) is 5.82 Å². The highest BCUT2D eigenvalue weighted by atomic mass is 32.1. The van der Waals surface area contributed by atoms with Gasteiger partial charge in [-0.05, 0) is 42.2 Å². The second-order valence-electron chi connectivity index (χ2n) is 9.17. The van der Waals surface area contributed by atoms with Crippen molar-refractivity contribution < 1.29 is 13.9 Å². The number of hydrogen-bond donors (Lipinski definition) is 2. The molecule has 176 valence electrons. The Morgan fingerprint density at radius 3 is 3.06 bits per heavy atom. The van der Waals surface area contributed by atoms with E-state index < -0.39 is 0 Å². The van der Waals surface area contributed by atoms with Crippen molar-refractivity contribution in [2.24, 2.45) is 5.92 Å². The third kappa shape index (κ3) is 3.37. The number of pyridine rings is 2. The summed E-state index contributed by atoms with van der Waals surface area (Å²) in [5, 5.41) is 6.76. The largest absolute Gasteiger partial charge is 0.477 e. The van der Waals surface area contributed by atoms with E-state index >= 15 is 0 Å². The van der Waals surface area contributed by atoms with Gasteiger partial charge >= 0.3 is 0 Å². The van der Waals surface area contributed by atoms with Crippen LogP contribution >= 0.6 is 12.2 Å². The van der Waals surface area contributed by atoms with E-state index in [1.54, 1.807) is 12.4 Å². The molecule has 3 aliphatic heterocycles. The number of imidazole rings is 1. The van der Waals surface area contributed by atoms with Gasteiger partial charge in [-0.2, -0.15) is 4.98 Å². The number of anilines is 2. The molecule has 1 saturated heterocycles. The molecule has 7 nitrogen and oxygen atoms in total. The van der Waals surface area contributed by atoms with E-state index in [4.69, 9.17) is 26.7 Å². The number of nitrogens with one attached hydrogen (secondary N) is 2. The first kappa shape index (κ1) is 20.8. The van der Waals surface area contributed by atoms with Gasteiger partial charge in [0, 0.05) is 48.0 Å². The van der Waals surface area contributed by atoms with Gasteiger partial charge in [0.2, 0.25) is 5.88 Å². The minimum absolute atomic E-state index is 0.309. The van der Waals surface area contributed by atoms with Crippen LogP contribution in [0.5, 0.6) is 5.88 Å². The number of halogens is 1. The van der Waals surface area contributed by atoms with Gasteiger partial charge < -0.3 is 20.1 Å². The molecule has 9 heteroatoms. The molecule has 3 aliphatic rings. The number of fused-ring (bicyclic) bond motifs is 5. The molecule has 2 N–H and O–H groups in total. The van der Waals surface area contributed by atoms with Gasteiger partial charge in [0.05, 0.1) is 30.8 Å². The van der Waals surface area contributed by atoms with Gasteiger partial charge in [0.15, 0.2) is 0 Å². The van der Waals surface area contributed by atoms with Crippen molar-refractivity contribution in [3.8, 4) is 17.1 Å². The maximum atomic E-state index is 13.7. The van der Waals surface area contributed by atoms with Crippen LogP contribution in [-0.2, 0) is 11.3 Å². The zero-order valence-corrected chi connectivity index (χ0v) is 19.6. The third-order valence-electron chi connectivity index (χ3n) is 7.18. The zero-order chi connectivity index (χ0) is 23.5. The number of ether oxygens (including phenoxy) is 2. The Morgan fingerprint density at radius 1 is 1.17 bits per heavy atom. The molecule has 0 bridgehead atoms. The number of aromatic nitrogens is 3. The van der Waals surface area contributed by atoms with Crippen LogP contribution in [0.1, 0.15) is 29.0 Å². The lowest BCUT2D eigenvalue weighted by molar-refractivity contribution is 0.00922. The smallest absolute Gasteiger partial charge is 0.218 e. The van der Waals surface area contributed by atoms with Crippen LogP contribution in [0.2, 0.25) is 0 Å². The van der Waals surface area contributed by atoms with Gasteiger partial charge in [-0.3, -0.25) is 4.40 Å². The lowest BCUT2D eigenvalue weighted by Gasteiger charge is -2.36. The summed E-state index contributed by atoms with van der Waals surface area (Å²) in [5.74, 6) is 1.94. The molecule has 0 unspecified atom stereocenters. The molecule has 3 aromatic heterocycles. The van der Waals surface area contributed by atoms with Gasteiger partial charge in [-0.25, -0.2) is 9.37 Å². The molecule has 1 fully saturated rings. The van der Waals surface area contributed by atoms with Crippen molar-refractivity contribution in [2.75, 3.05) is 25.1 Å². The van der Waals surface area contributed by atoms with Crippen LogP contribution in [0.15, 0.2) is 48.8 Å². The van der Waals surface area contributed by atoms with Crippen LogP contribution < -0.4 is 15.4 Å². The Morgan fingerprint density at radius 2 is 2.11 bits per heavy atom. The lowest BCUT2D eigenvalue weighted by Crippen LogP contribution is -2.34. The van der Waals surface area contributed by atoms with Crippen molar-refractivity contribution in [3.63, 3.8) is 0 Å². The SMILES string of the molecule is Fc1ccn2c(-c3ccc(Nc4ccc5c(n4)OC[C@@H]4COCC[C@@H]54)c4c3CNC4=S)cnc2c1. The van der Waals surface area contributed by atoms with Gasteiger partial charge in [0.25, 0.3) is 0 Å². The number of rotatable bonds is 3. The minimum Gasteiger partial charge on any atom is -0.477 e. The van der Waals surface area contributed by atoms with Crippen LogP contribution in [0.4, 0.5) is 15.9 Å². The van der Waals surface area contributed by atoms with Crippen LogP contribution in [0.3, 0.4) is 0 Å². The maximum absolute atomic E-state index is 13.7. The lowest BCUT2D eigenvalue weighted by atomic mass is 9.82. The number of benzene rings is 1. The first-order valence-corrected chi connectivity index (χ1v) is 12.1. The van der Waals surface area contributed by atoms with E-state index in [1.807, 2.05) is 22.6 Å². The molecule has 6 heterocycles. The predicted octanol–water partition coefficient (Wildman–Crippen LogP) is 4.57. The average molecular weight is 488 g/mol. The standard InChI is InChI=1S/C26H22FN5O2S/c27-15-5-7-32-21(11-28-23(32)9-15)17-1-3-20(24-19(17)10-29-26(24)35)30-22-4-2-18-16-6-8-33-12-14(16)13-34-25(18)31-22/h1-5,7,9,11,14,16H,6,8,10,12-13H2,(H,29,35)(H,30,31)/t14-,16+/m0/s1. The molecular weight excluding hydrogens is 465 g/mol. The summed E-state index contributed by atoms with van der Waals surface area (Å²) < 4.78 is 27.2. The highest BCUT2D eigenvalue weighted by molar-refractivity contribution is 7.80. The molecule has 35 heavy (non-hydrogen) atoms. The number of hydrogen-bond acceptors (Lipinski definition) is 6. The molecular formula is C26H22FN5O2S. The van der Waals surface area contributed by atoms with Gasteiger partial charge in [-0.1, -0.05) is 18.3 Å². The topological polar surface area (TPSA) is 72.7 Å². The average Bonchev–Trinajstić information content (AvgIpc) is 3.48. The normalized spacial score (nSPS) is 20.5. The van der Waals surface area contributed by atoms with E-state index in [0.717, 1.165) is 53.3 Å². The summed E-state index contributed by atoms with van der Waals surface area (Å²) in [5.41, 5.74) is 6.52. The molecule has 0 radical (unpaired) electrons. The van der Waals surface area contributed by atoms with Crippen molar-refractivity contribution >= 4 is 34.4 Å². The van der Waals surface area contributed by atoms with E-state index in [1.165, 1.54) is 12.1 Å². The maximum Gasteiger partial charge on any atom is 0.218 e. The third-order valence-corrected chi connectivity index (χ3v) is 7.53. The molecule has 2 atom stereocenters. The first-order valence-electron chi connectivity index (χ1n) is 11.7. The predicted molar refractivity (Wildman–Crippen MR) is 134 cm³/mol. The second-order valence-corrected chi connectivity index (χ2v) is 9.58. The summed E-state index contributed by atoms with van der Waals surface area (Å²) >= 11 is 5.66. The van der Waals surface area contributed by atoms with Crippen molar-refractivity contribution in [2.45, 2.75) is 18.9 Å². The molecule has 0 aliphatic carbocycles. The molecule has 4 aromatic rings. The quantitative estimate of drug-likeness (QED) is 0.410. The summed E-state index contributed by atoms with van der Waals surface area (Å²) in [4.78, 5) is 9.85. The molecule has 0 saturated carbocycles. The highest BCUT2D eigenvalue weighted by Gasteiger charge is 2.34. The second kappa shape index (κ2) is 8.00. The summed E-state index contributed by atoms with van der Waals surface area (Å²) in [6, 6.07) is 11.0. The molecule has 7 rings (SSSR count). The number of nitrogens with zero attached hydrogens (tertiary/aromatic N) is 3. The van der Waals surface area contributed by atoms with Crippen LogP contribution in [0.25, 0.3) is 16.9 Å². The monoisotopic (exact) mass is 487 g/mol. The van der Waals surface area contributed by atoms with Crippen molar-refractivity contribution in [3.05, 3.63) is 71.3 Å². The van der Waals surface area contributed by atoms with Crippen LogP contribution in [0, 0.1) is 11.7 Å². The van der Waals surface area contributed by atoms with Crippen LogP contribution in [-0.4, -0.2) is 39.2 Å². The molecule has 0 spiro atoms. The summed E-state index contributed by atoms with van der Waals surface area (Å²) in [6.07, 6.45) is 4.47. The van der Waals surface area contributed by atoms with E-state index in [2.05, 4.69) is 21.7 Å². The van der Waals surface area contributed by atoms with Crippen molar-refractivity contribution in [1.82, 2.24) is 19.7 Å². The number of thiocarbonyl (C=S) groups is 1. The molecule has 1 aromatic carbocycles. The van der Waals surface area contributed by atoms with Gasteiger partial charge in [-0.15, -0.1) is 0 Å². The van der Waals surface area contributed by atoms with Crippen molar-refractivity contribution in [1.29, 1.82) is 0 Å². The molecule has 0 amide bonds. The Balaban J connectivity index is 1.25. The zero-order valence-electron chi connectivity index (χ0n) is 18.8. The Hall–Kier alpha value is -3.56. The summed E-state index contributed by atoms with van der Waals surface area (Å²) in [6.45, 7) is 2.77. The van der Waals surface area contributed by atoms with E-state index in [0.29, 0.717) is 47.3 Å². The first-order chi connectivity index (χ1) is 17.2. The van der Waals surface area contributed by atoms with E-state index in [9.17, 15) is 4.39 Å². The fourth-order valence-electron chi connectivity index (χ4n) is 5.46. The van der Waals surface area contributed by atoms with Gasteiger partial charge in [0.1, 0.15) is 22.3 Å². The summed E-state index contributed by atoms with van der Waals surface area (Å²) in [7, 11) is 0.